The molecule has 1 aromatic carbocycles. The zero-order valence-electron chi connectivity index (χ0n) is 14.3. The fraction of sp³-hybridized carbons (Fsp3) is 0.294. The van der Waals surface area contributed by atoms with Crippen LogP contribution in [0.4, 0.5) is 10.5 Å². The Morgan fingerprint density at radius 3 is 2.52 bits per heavy atom. The van der Waals surface area contributed by atoms with Crippen LogP contribution < -0.4 is 10.6 Å². The summed E-state index contributed by atoms with van der Waals surface area (Å²) in [4.78, 5) is 13.6. The number of nitrogens with zero attached hydrogens (tertiary/aromatic N) is 4. The molecular formula is C17H20N6OS. The number of amides is 2. The molecule has 0 aliphatic heterocycles. The molecule has 130 valence electrons. The Morgan fingerprint density at radius 2 is 1.96 bits per heavy atom. The standard InChI is InChI=1S/C17H20N6OS/c1-17(2,3)15(14-5-4-10-25-14)20-16(24)19-12-6-8-13(9-7-12)23-11-18-21-22-23/h4-11,15H,1-3H3,(H2,19,20,24). The van der Waals surface area contributed by atoms with Crippen LogP contribution in [-0.2, 0) is 0 Å². The van der Waals surface area contributed by atoms with Gasteiger partial charge in [-0.25, -0.2) is 9.48 Å². The maximum absolute atomic E-state index is 12.4. The van der Waals surface area contributed by atoms with Crippen molar-refractivity contribution in [3.05, 3.63) is 53.0 Å². The summed E-state index contributed by atoms with van der Waals surface area (Å²) in [6, 6.07) is 11.1. The lowest BCUT2D eigenvalue weighted by Crippen LogP contribution is -2.38. The minimum Gasteiger partial charge on any atom is -0.330 e. The highest BCUT2D eigenvalue weighted by atomic mass is 32.1. The monoisotopic (exact) mass is 356 g/mol. The number of carbonyl (C=O) groups excluding carboxylic acids is 1. The Balaban J connectivity index is 1.67. The van der Waals surface area contributed by atoms with Crippen LogP contribution in [0.2, 0.25) is 0 Å². The maximum Gasteiger partial charge on any atom is 0.319 e. The number of hydrogen-bond donors (Lipinski definition) is 2. The van der Waals surface area contributed by atoms with Gasteiger partial charge in [-0.1, -0.05) is 26.8 Å². The molecule has 0 bridgehead atoms. The molecule has 1 atom stereocenters. The Morgan fingerprint density at radius 1 is 1.20 bits per heavy atom. The highest BCUT2D eigenvalue weighted by Gasteiger charge is 2.28. The largest absolute Gasteiger partial charge is 0.330 e. The lowest BCUT2D eigenvalue weighted by molar-refractivity contribution is 0.230. The van der Waals surface area contributed by atoms with Gasteiger partial charge in [-0.2, -0.15) is 0 Å². The molecule has 1 unspecified atom stereocenters. The van der Waals surface area contributed by atoms with Gasteiger partial charge >= 0.3 is 6.03 Å². The number of aromatic nitrogens is 4. The zero-order chi connectivity index (χ0) is 17.9. The molecule has 0 aliphatic carbocycles. The second-order valence-corrected chi connectivity index (χ2v) is 7.69. The van der Waals surface area contributed by atoms with E-state index in [1.54, 1.807) is 16.0 Å². The minimum atomic E-state index is -0.233. The number of nitrogens with one attached hydrogen (secondary N) is 2. The molecule has 0 fully saturated rings. The van der Waals surface area contributed by atoms with Crippen LogP contribution in [0.15, 0.2) is 48.1 Å². The van der Waals surface area contributed by atoms with Gasteiger partial charge in [0, 0.05) is 10.6 Å². The SMILES string of the molecule is CC(C)(C)C(NC(=O)Nc1ccc(-n2cnnn2)cc1)c1cccs1. The van der Waals surface area contributed by atoms with E-state index < -0.39 is 0 Å². The smallest absolute Gasteiger partial charge is 0.319 e. The third-order valence-electron chi connectivity index (χ3n) is 3.71. The molecule has 3 rings (SSSR count). The van der Waals surface area contributed by atoms with Crippen molar-refractivity contribution >= 4 is 23.1 Å². The van der Waals surface area contributed by atoms with Gasteiger partial charge in [0.05, 0.1) is 11.7 Å². The van der Waals surface area contributed by atoms with Crippen LogP contribution in [0, 0.1) is 5.41 Å². The van der Waals surface area contributed by atoms with E-state index in [4.69, 9.17) is 0 Å². The first-order chi connectivity index (χ1) is 11.9. The minimum absolute atomic E-state index is 0.0620. The van der Waals surface area contributed by atoms with Crippen molar-refractivity contribution in [2.45, 2.75) is 26.8 Å². The van der Waals surface area contributed by atoms with Crippen LogP contribution in [0.1, 0.15) is 31.7 Å². The molecule has 8 heteroatoms. The number of carbonyl (C=O) groups is 1. The van der Waals surface area contributed by atoms with E-state index >= 15 is 0 Å². The lowest BCUT2D eigenvalue weighted by atomic mass is 9.86. The second-order valence-electron chi connectivity index (χ2n) is 6.71. The molecule has 0 saturated heterocycles. The van der Waals surface area contributed by atoms with Crippen LogP contribution >= 0.6 is 11.3 Å². The second kappa shape index (κ2) is 7.02. The average Bonchev–Trinajstić information content (AvgIpc) is 3.26. The van der Waals surface area contributed by atoms with Gasteiger partial charge in [0.15, 0.2) is 0 Å². The van der Waals surface area contributed by atoms with Crippen LogP contribution in [0.25, 0.3) is 5.69 Å². The van der Waals surface area contributed by atoms with Crippen molar-refractivity contribution in [3.8, 4) is 5.69 Å². The molecule has 2 heterocycles. The zero-order valence-corrected chi connectivity index (χ0v) is 15.1. The Bertz CT molecular complexity index is 806. The quantitative estimate of drug-likeness (QED) is 0.747. The molecule has 0 aliphatic rings. The highest BCUT2D eigenvalue weighted by Crippen LogP contribution is 2.35. The van der Waals surface area contributed by atoms with Crippen molar-refractivity contribution in [3.63, 3.8) is 0 Å². The predicted molar refractivity (Wildman–Crippen MR) is 97.8 cm³/mol. The lowest BCUT2D eigenvalue weighted by Gasteiger charge is -2.30. The van der Waals surface area contributed by atoms with Crippen molar-refractivity contribution in [2.75, 3.05) is 5.32 Å². The molecule has 0 spiro atoms. The molecule has 0 radical (unpaired) electrons. The van der Waals surface area contributed by atoms with Gasteiger partial charge in [-0.3, -0.25) is 0 Å². The van der Waals surface area contributed by atoms with Crippen molar-refractivity contribution in [2.24, 2.45) is 5.41 Å². The first kappa shape index (κ1) is 17.1. The summed E-state index contributed by atoms with van der Waals surface area (Å²) in [6.45, 7) is 6.33. The van der Waals surface area contributed by atoms with Crippen molar-refractivity contribution in [1.29, 1.82) is 0 Å². The van der Waals surface area contributed by atoms with E-state index in [1.165, 1.54) is 6.33 Å². The summed E-state index contributed by atoms with van der Waals surface area (Å²) in [7, 11) is 0. The molecule has 3 aromatic rings. The summed E-state index contributed by atoms with van der Waals surface area (Å²) in [6.07, 6.45) is 1.52. The molecule has 7 nitrogen and oxygen atoms in total. The summed E-state index contributed by atoms with van der Waals surface area (Å²) in [5.74, 6) is 0. The van der Waals surface area contributed by atoms with E-state index in [1.807, 2.05) is 41.8 Å². The number of hydrogen-bond acceptors (Lipinski definition) is 5. The van der Waals surface area contributed by atoms with Crippen LogP contribution in [0.3, 0.4) is 0 Å². The molecule has 0 saturated carbocycles. The summed E-state index contributed by atoms with van der Waals surface area (Å²) in [5, 5.41) is 19.0. The van der Waals surface area contributed by atoms with Gasteiger partial charge in [-0.05, 0) is 51.6 Å². The Kier molecular flexibility index (Phi) is 4.80. The fourth-order valence-electron chi connectivity index (χ4n) is 2.45. The Labute approximate surface area is 150 Å². The first-order valence-corrected chi connectivity index (χ1v) is 8.76. The molecular weight excluding hydrogens is 336 g/mol. The number of tetrazole rings is 1. The number of urea groups is 1. The normalized spacial score (nSPS) is 12.6. The van der Waals surface area contributed by atoms with E-state index in [9.17, 15) is 4.79 Å². The summed E-state index contributed by atoms with van der Waals surface area (Å²) < 4.78 is 1.55. The predicted octanol–water partition coefficient (Wildman–Crippen LogP) is 3.63. The van der Waals surface area contributed by atoms with Crippen LogP contribution in [0.5, 0.6) is 0 Å². The number of thiophene rings is 1. The van der Waals surface area contributed by atoms with E-state index in [0.29, 0.717) is 5.69 Å². The number of rotatable bonds is 4. The fourth-order valence-corrected chi connectivity index (χ4v) is 3.47. The third kappa shape index (κ3) is 4.21. The maximum atomic E-state index is 12.4. The van der Waals surface area contributed by atoms with E-state index in [-0.39, 0.29) is 17.5 Å². The van der Waals surface area contributed by atoms with Gasteiger partial charge in [-0.15, -0.1) is 16.4 Å². The third-order valence-corrected chi connectivity index (χ3v) is 4.65. The molecule has 2 amide bonds. The molecule has 2 N–H and O–H groups in total. The van der Waals surface area contributed by atoms with Gasteiger partial charge in [0.1, 0.15) is 6.33 Å². The van der Waals surface area contributed by atoms with Gasteiger partial charge < -0.3 is 10.6 Å². The Hall–Kier alpha value is -2.74. The summed E-state index contributed by atoms with van der Waals surface area (Å²) >= 11 is 1.64. The first-order valence-electron chi connectivity index (χ1n) is 7.88. The summed E-state index contributed by atoms with van der Waals surface area (Å²) in [5.41, 5.74) is 1.43. The number of benzene rings is 1. The average molecular weight is 356 g/mol. The van der Waals surface area contributed by atoms with Gasteiger partial charge in [0.2, 0.25) is 0 Å². The molecule has 2 aromatic heterocycles. The van der Waals surface area contributed by atoms with Crippen molar-refractivity contribution in [1.82, 2.24) is 25.5 Å². The topological polar surface area (TPSA) is 84.7 Å². The van der Waals surface area contributed by atoms with E-state index in [0.717, 1.165) is 10.6 Å². The number of anilines is 1. The van der Waals surface area contributed by atoms with E-state index in [2.05, 4.69) is 46.9 Å². The highest BCUT2D eigenvalue weighted by molar-refractivity contribution is 7.10. The van der Waals surface area contributed by atoms with Gasteiger partial charge in [0.25, 0.3) is 0 Å². The molecule has 25 heavy (non-hydrogen) atoms. The van der Waals surface area contributed by atoms with Crippen LogP contribution in [-0.4, -0.2) is 26.2 Å². The van der Waals surface area contributed by atoms with Crippen molar-refractivity contribution < 1.29 is 4.79 Å².